The van der Waals surface area contributed by atoms with Crippen molar-refractivity contribution in [3.05, 3.63) is 10.1 Å². The van der Waals surface area contributed by atoms with Crippen molar-refractivity contribution in [3.63, 3.8) is 0 Å². The van der Waals surface area contributed by atoms with Gasteiger partial charge in [0.25, 0.3) is 0 Å². The molecule has 0 saturated heterocycles. The Hall–Kier alpha value is -0.880. The number of nitrogens with one attached hydrogen (secondary N) is 1. The predicted octanol–water partition coefficient (Wildman–Crippen LogP) is -1.18. The van der Waals surface area contributed by atoms with E-state index in [1.807, 2.05) is 0 Å². The van der Waals surface area contributed by atoms with E-state index in [1.54, 1.807) is 0 Å². The first-order valence-corrected chi connectivity index (χ1v) is 2.31. The van der Waals surface area contributed by atoms with E-state index in [2.05, 4.69) is 5.84 Å². The molecule has 7 heteroatoms. The Morgan fingerprint density at radius 1 is 1.89 bits per heavy atom. The van der Waals surface area contributed by atoms with Gasteiger partial charge in [-0.3, -0.25) is 20.3 Å². The average molecular weight is 154 g/mol. The smallest absolute Gasteiger partial charge is 0.287 e. The van der Waals surface area contributed by atoms with E-state index < -0.39 is 16.3 Å². The van der Waals surface area contributed by atoms with Crippen LogP contribution in [0.3, 0.4) is 0 Å². The van der Waals surface area contributed by atoms with E-state index in [0.717, 1.165) is 0 Å². The van der Waals surface area contributed by atoms with Crippen LogP contribution in [-0.2, 0) is 4.79 Å². The van der Waals surface area contributed by atoms with Crippen LogP contribution in [0.2, 0.25) is 0 Å². The Labute approximate surface area is 55.1 Å². The van der Waals surface area contributed by atoms with Crippen molar-refractivity contribution in [1.82, 2.24) is 5.43 Å². The van der Waals surface area contributed by atoms with E-state index in [1.165, 1.54) is 5.43 Å². The summed E-state index contributed by atoms with van der Waals surface area (Å²) in [5.41, 5.74) is -0.263. The fourth-order valence-electron chi connectivity index (χ4n) is 0.165. The van der Waals surface area contributed by atoms with Crippen LogP contribution in [0.4, 0.5) is 0 Å². The summed E-state index contributed by atoms with van der Waals surface area (Å²) in [4.78, 5) is 18.8. The van der Waals surface area contributed by atoms with E-state index in [4.69, 9.17) is 11.6 Å². The summed E-state index contributed by atoms with van der Waals surface area (Å²) in [6, 6.07) is 0. The molecule has 0 rings (SSSR count). The van der Waals surface area contributed by atoms with Crippen LogP contribution in [0, 0.1) is 10.1 Å². The van der Waals surface area contributed by atoms with Crippen molar-refractivity contribution >= 4 is 17.5 Å². The summed E-state index contributed by atoms with van der Waals surface area (Å²) in [6.07, 6.45) is 0. The number of hydrogen-bond acceptors (Lipinski definition) is 4. The second-order valence-corrected chi connectivity index (χ2v) is 1.54. The molecule has 0 bridgehead atoms. The van der Waals surface area contributed by atoms with Gasteiger partial charge in [-0.15, -0.1) is 0 Å². The topological polar surface area (TPSA) is 98.3 Å². The molecule has 0 aromatic rings. The van der Waals surface area contributed by atoms with E-state index in [9.17, 15) is 14.9 Å². The van der Waals surface area contributed by atoms with Gasteiger partial charge in [-0.25, -0.2) is 5.84 Å². The zero-order valence-electron chi connectivity index (χ0n) is 4.20. The molecule has 0 fully saturated rings. The summed E-state index contributed by atoms with van der Waals surface area (Å²) in [5, 5.41) is 9.66. The summed E-state index contributed by atoms with van der Waals surface area (Å²) < 4.78 is 0. The molecule has 0 aromatic heterocycles. The van der Waals surface area contributed by atoms with Gasteiger partial charge in [0.15, 0.2) is 0 Å². The van der Waals surface area contributed by atoms with E-state index in [-0.39, 0.29) is 0 Å². The van der Waals surface area contributed by atoms with Crippen LogP contribution in [0.15, 0.2) is 0 Å². The molecule has 1 atom stereocenters. The lowest BCUT2D eigenvalue weighted by Crippen LogP contribution is -2.40. The second kappa shape index (κ2) is 3.21. The Kier molecular flexibility index (Phi) is 2.89. The van der Waals surface area contributed by atoms with Crippen LogP contribution < -0.4 is 11.3 Å². The SMILES string of the molecule is NNC(=O)C(Cl)[N+](=O)[O-]. The summed E-state index contributed by atoms with van der Waals surface area (Å²) in [6.45, 7) is 0. The van der Waals surface area contributed by atoms with Crippen LogP contribution in [-0.4, -0.2) is 16.3 Å². The lowest BCUT2D eigenvalue weighted by Gasteiger charge is -1.96. The Bertz CT molecular complexity index is 137. The maximum atomic E-state index is 10.1. The number of carbonyl (C=O) groups excluding carboxylic acids is 1. The molecule has 6 nitrogen and oxygen atoms in total. The number of carbonyl (C=O) groups is 1. The number of hydrogen-bond donors (Lipinski definition) is 2. The van der Waals surface area contributed by atoms with Gasteiger partial charge in [0.05, 0.1) is 0 Å². The lowest BCUT2D eigenvalue weighted by atomic mass is 10.6. The maximum absolute atomic E-state index is 10.1. The molecule has 0 radical (unpaired) electrons. The third kappa shape index (κ3) is 2.24. The zero-order chi connectivity index (χ0) is 7.44. The van der Waals surface area contributed by atoms with Gasteiger partial charge in [0.1, 0.15) is 0 Å². The number of hydrazine groups is 1. The molecule has 0 spiro atoms. The number of rotatable bonds is 2. The molecule has 0 aromatic carbocycles. The molecule has 1 amide bonds. The molecule has 0 saturated carbocycles. The van der Waals surface area contributed by atoms with Gasteiger partial charge in [0, 0.05) is 4.92 Å². The molecule has 0 aliphatic rings. The van der Waals surface area contributed by atoms with Gasteiger partial charge in [0.2, 0.25) is 0 Å². The summed E-state index contributed by atoms with van der Waals surface area (Å²) >= 11 is 4.88. The minimum absolute atomic E-state index is 0.955. The van der Waals surface area contributed by atoms with Crippen LogP contribution in [0.5, 0.6) is 0 Å². The van der Waals surface area contributed by atoms with Crippen molar-refractivity contribution in [2.75, 3.05) is 0 Å². The number of nitrogens with two attached hydrogens (primary N) is 1. The normalized spacial score (nSPS) is 12.2. The average Bonchev–Trinajstić information content (AvgIpc) is 1.84. The fraction of sp³-hybridized carbons (Fsp3) is 0.500. The molecule has 3 N–H and O–H groups in total. The summed E-state index contributed by atoms with van der Waals surface area (Å²) in [7, 11) is 0. The van der Waals surface area contributed by atoms with Crippen molar-refractivity contribution in [2.24, 2.45) is 5.84 Å². The number of amides is 1. The maximum Gasteiger partial charge on any atom is 0.364 e. The van der Waals surface area contributed by atoms with Gasteiger partial charge in [-0.05, 0) is 11.6 Å². The largest absolute Gasteiger partial charge is 0.364 e. The Morgan fingerprint density at radius 2 is 2.33 bits per heavy atom. The number of alkyl halides is 1. The van der Waals surface area contributed by atoms with Crippen LogP contribution in [0.25, 0.3) is 0 Å². The van der Waals surface area contributed by atoms with E-state index >= 15 is 0 Å². The molecule has 0 heterocycles. The third-order valence-corrected chi connectivity index (χ3v) is 0.901. The van der Waals surface area contributed by atoms with Gasteiger partial charge < -0.3 is 0 Å². The predicted molar refractivity (Wildman–Crippen MR) is 29.0 cm³/mol. The Balaban J connectivity index is 3.88. The first-order valence-electron chi connectivity index (χ1n) is 1.87. The molecular formula is C2H4ClN3O3. The highest BCUT2D eigenvalue weighted by Crippen LogP contribution is 1.93. The van der Waals surface area contributed by atoms with Crippen molar-refractivity contribution in [2.45, 2.75) is 5.50 Å². The molecule has 1 unspecified atom stereocenters. The minimum atomic E-state index is -1.80. The number of halogens is 1. The number of nitro groups is 1. The summed E-state index contributed by atoms with van der Waals surface area (Å²) in [5.74, 6) is 3.50. The van der Waals surface area contributed by atoms with Gasteiger partial charge >= 0.3 is 11.4 Å². The van der Waals surface area contributed by atoms with Crippen molar-refractivity contribution < 1.29 is 9.72 Å². The first kappa shape index (κ1) is 8.12. The van der Waals surface area contributed by atoms with Crippen LogP contribution >= 0.6 is 11.6 Å². The minimum Gasteiger partial charge on any atom is -0.287 e. The van der Waals surface area contributed by atoms with Crippen molar-refractivity contribution in [1.29, 1.82) is 0 Å². The molecule has 0 aliphatic heterocycles. The van der Waals surface area contributed by atoms with Gasteiger partial charge in [-0.1, -0.05) is 0 Å². The highest BCUT2D eigenvalue weighted by molar-refractivity contribution is 6.29. The molecular weight excluding hydrogens is 149 g/mol. The standard InChI is InChI=1S/C2H4ClN3O3/c3-1(6(8)9)2(7)5-4/h1H,4H2,(H,5,7). The highest BCUT2D eigenvalue weighted by Gasteiger charge is 2.24. The first-order chi connectivity index (χ1) is 4.09. The van der Waals surface area contributed by atoms with E-state index in [0.29, 0.717) is 0 Å². The molecule has 52 valence electrons. The fourth-order valence-corrected chi connectivity index (χ4v) is 0.227. The molecule has 9 heavy (non-hydrogen) atoms. The number of nitrogens with zero attached hydrogens (tertiary/aromatic N) is 1. The van der Waals surface area contributed by atoms with Crippen molar-refractivity contribution in [3.8, 4) is 0 Å². The zero-order valence-corrected chi connectivity index (χ0v) is 4.96. The monoisotopic (exact) mass is 153 g/mol. The van der Waals surface area contributed by atoms with Gasteiger partial charge in [-0.2, -0.15) is 0 Å². The lowest BCUT2D eigenvalue weighted by molar-refractivity contribution is -0.485. The Morgan fingerprint density at radius 3 is 2.44 bits per heavy atom. The quantitative estimate of drug-likeness (QED) is 0.130. The highest BCUT2D eigenvalue weighted by atomic mass is 35.5. The second-order valence-electron chi connectivity index (χ2n) is 1.13. The third-order valence-electron chi connectivity index (χ3n) is 0.544. The van der Waals surface area contributed by atoms with Crippen LogP contribution in [0.1, 0.15) is 0 Å². The molecule has 0 aliphatic carbocycles.